The molecule has 0 spiro atoms. The zero-order chi connectivity index (χ0) is 14.1. The zero-order valence-electron chi connectivity index (χ0n) is 11.8. The molecule has 2 N–H and O–H groups in total. The Hall–Kier alpha value is -2.39. The number of nitrogens with one attached hydrogen (secondary N) is 2. The maximum Gasteiger partial charge on any atom is 0.138 e. The van der Waals surface area contributed by atoms with Gasteiger partial charge in [0.25, 0.3) is 0 Å². The number of aromatic nitrogens is 2. The van der Waals surface area contributed by atoms with Crippen molar-refractivity contribution in [3.8, 4) is 11.1 Å². The van der Waals surface area contributed by atoms with Crippen LogP contribution < -0.4 is 5.32 Å². The summed E-state index contributed by atoms with van der Waals surface area (Å²) in [7, 11) is 0. The van der Waals surface area contributed by atoms with Gasteiger partial charge in [0.2, 0.25) is 0 Å². The van der Waals surface area contributed by atoms with Crippen LogP contribution in [0.15, 0.2) is 54.9 Å². The first kappa shape index (κ1) is 12.4. The lowest BCUT2D eigenvalue weighted by Gasteiger charge is -2.14. The zero-order valence-corrected chi connectivity index (χ0v) is 11.8. The standard InChI is InChI=1S/C18H17N3/c1-2-5-13(6-3-1)15-8-10-20-18-17(15)16(12-21-18)14-7-4-9-19-11-14/h1-3,5-8,10,12,19H,4,9,11H2,(H,20,21). The van der Waals surface area contributed by atoms with E-state index < -0.39 is 0 Å². The molecule has 1 aliphatic rings. The van der Waals surface area contributed by atoms with E-state index in [0.29, 0.717) is 0 Å². The van der Waals surface area contributed by atoms with E-state index in [1.165, 1.54) is 27.6 Å². The van der Waals surface area contributed by atoms with E-state index in [2.05, 4.69) is 57.9 Å². The number of rotatable bonds is 2. The quantitative estimate of drug-likeness (QED) is 0.750. The van der Waals surface area contributed by atoms with Crippen molar-refractivity contribution in [3.05, 3.63) is 60.4 Å². The minimum absolute atomic E-state index is 0.927. The first-order valence-corrected chi connectivity index (χ1v) is 7.35. The first-order chi connectivity index (χ1) is 10.4. The van der Waals surface area contributed by atoms with Gasteiger partial charge >= 0.3 is 0 Å². The smallest absolute Gasteiger partial charge is 0.138 e. The summed E-state index contributed by atoms with van der Waals surface area (Å²) in [4.78, 5) is 7.80. The van der Waals surface area contributed by atoms with Gasteiger partial charge in [-0.05, 0) is 35.7 Å². The van der Waals surface area contributed by atoms with Crippen LogP contribution in [0.3, 0.4) is 0 Å². The fraction of sp³-hybridized carbons (Fsp3) is 0.167. The van der Waals surface area contributed by atoms with Crippen molar-refractivity contribution in [1.29, 1.82) is 0 Å². The van der Waals surface area contributed by atoms with Crippen molar-refractivity contribution in [2.75, 3.05) is 13.1 Å². The molecule has 0 saturated carbocycles. The average Bonchev–Trinajstić information content (AvgIpc) is 3.00. The number of H-pyrrole nitrogens is 1. The molecule has 3 heterocycles. The second-order valence-electron chi connectivity index (χ2n) is 5.35. The topological polar surface area (TPSA) is 40.7 Å². The summed E-state index contributed by atoms with van der Waals surface area (Å²) < 4.78 is 0. The molecule has 3 aromatic rings. The van der Waals surface area contributed by atoms with Crippen molar-refractivity contribution in [2.24, 2.45) is 0 Å². The fourth-order valence-corrected chi connectivity index (χ4v) is 3.02. The summed E-state index contributed by atoms with van der Waals surface area (Å²) in [5.41, 5.74) is 6.05. The van der Waals surface area contributed by atoms with Crippen LogP contribution in [0.4, 0.5) is 0 Å². The summed E-state index contributed by atoms with van der Waals surface area (Å²) in [5, 5.41) is 4.67. The summed E-state index contributed by atoms with van der Waals surface area (Å²) in [6.45, 7) is 1.99. The lowest BCUT2D eigenvalue weighted by Crippen LogP contribution is -2.21. The normalized spacial score (nSPS) is 15.1. The molecular weight excluding hydrogens is 258 g/mol. The predicted octanol–water partition coefficient (Wildman–Crippen LogP) is 3.61. The maximum absolute atomic E-state index is 4.48. The molecule has 3 nitrogen and oxygen atoms in total. The first-order valence-electron chi connectivity index (χ1n) is 7.35. The van der Waals surface area contributed by atoms with E-state index >= 15 is 0 Å². The van der Waals surface area contributed by atoms with Crippen molar-refractivity contribution < 1.29 is 0 Å². The van der Waals surface area contributed by atoms with Crippen LogP contribution in [0.5, 0.6) is 0 Å². The van der Waals surface area contributed by atoms with Gasteiger partial charge in [-0.2, -0.15) is 0 Å². The molecule has 0 radical (unpaired) electrons. The Morgan fingerprint density at radius 1 is 1.00 bits per heavy atom. The number of aromatic amines is 1. The van der Waals surface area contributed by atoms with E-state index in [1.54, 1.807) is 0 Å². The van der Waals surface area contributed by atoms with E-state index in [9.17, 15) is 0 Å². The lowest BCUT2D eigenvalue weighted by atomic mass is 9.96. The largest absolute Gasteiger partial charge is 0.346 e. The van der Waals surface area contributed by atoms with E-state index in [0.717, 1.165) is 25.2 Å². The average molecular weight is 275 g/mol. The van der Waals surface area contributed by atoms with Gasteiger partial charge < -0.3 is 10.3 Å². The Bertz CT molecular complexity index is 800. The molecule has 0 bridgehead atoms. The summed E-state index contributed by atoms with van der Waals surface area (Å²) in [5.74, 6) is 0. The van der Waals surface area contributed by atoms with Gasteiger partial charge in [-0.15, -0.1) is 0 Å². The number of nitrogens with zero attached hydrogens (tertiary/aromatic N) is 1. The Labute approximate surface area is 123 Å². The van der Waals surface area contributed by atoms with Crippen LogP contribution >= 0.6 is 0 Å². The molecule has 0 atom stereocenters. The summed E-state index contributed by atoms with van der Waals surface area (Å²) in [6.07, 6.45) is 7.38. The Balaban J connectivity index is 1.96. The Morgan fingerprint density at radius 2 is 1.90 bits per heavy atom. The highest BCUT2D eigenvalue weighted by Gasteiger charge is 2.15. The second-order valence-corrected chi connectivity index (χ2v) is 5.35. The number of pyridine rings is 1. The molecule has 104 valence electrons. The number of benzene rings is 1. The van der Waals surface area contributed by atoms with Crippen LogP contribution in [0.1, 0.15) is 12.0 Å². The molecule has 3 heteroatoms. The molecule has 0 amide bonds. The van der Waals surface area contributed by atoms with Crippen LogP contribution in [-0.4, -0.2) is 23.1 Å². The highest BCUT2D eigenvalue weighted by Crippen LogP contribution is 2.33. The van der Waals surface area contributed by atoms with Crippen molar-refractivity contribution >= 4 is 16.6 Å². The maximum atomic E-state index is 4.48. The number of hydrogen-bond donors (Lipinski definition) is 2. The van der Waals surface area contributed by atoms with Gasteiger partial charge in [0.1, 0.15) is 5.65 Å². The lowest BCUT2D eigenvalue weighted by molar-refractivity contribution is 0.739. The predicted molar refractivity (Wildman–Crippen MR) is 87.0 cm³/mol. The van der Waals surface area contributed by atoms with Crippen LogP contribution in [0.25, 0.3) is 27.7 Å². The van der Waals surface area contributed by atoms with Gasteiger partial charge in [-0.25, -0.2) is 4.98 Å². The summed E-state index contributed by atoms with van der Waals surface area (Å²) in [6, 6.07) is 12.6. The van der Waals surface area contributed by atoms with E-state index in [1.807, 2.05) is 12.3 Å². The van der Waals surface area contributed by atoms with Gasteiger partial charge in [0, 0.05) is 29.9 Å². The third kappa shape index (κ3) is 2.16. The molecular formula is C18H17N3. The van der Waals surface area contributed by atoms with Gasteiger partial charge in [-0.3, -0.25) is 0 Å². The molecule has 21 heavy (non-hydrogen) atoms. The van der Waals surface area contributed by atoms with Crippen LogP contribution in [-0.2, 0) is 0 Å². The van der Waals surface area contributed by atoms with E-state index in [4.69, 9.17) is 0 Å². The monoisotopic (exact) mass is 275 g/mol. The van der Waals surface area contributed by atoms with Crippen molar-refractivity contribution in [3.63, 3.8) is 0 Å². The molecule has 0 unspecified atom stereocenters. The third-order valence-corrected chi connectivity index (χ3v) is 4.03. The second kappa shape index (κ2) is 5.19. The molecule has 1 aromatic carbocycles. The van der Waals surface area contributed by atoms with Gasteiger partial charge in [0.05, 0.1) is 0 Å². The minimum atomic E-state index is 0.927. The number of fused-ring (bicyclic) bond motifs is 1. The van der Waals surface area contributed by atoms with Gasteiger partial charge in [0.15, 0.2) is 0 Å². The highest BCUT2D eigenvalue weighted by atomic mass is 14.9. The molecule has 1 aliphatic heterocycles. The van der Waals surface area contributed by atoms with Crippen LogP contribution in [0.2, 0.25) is 0 Å². The van der Waals surface area contributed by atoms with E-state index in [-0.39, 0.29) is 0 Å². The SMILES string of the molecule is C1=C(c2c[nH]c3nccc(-c4ccccc4)c23)CNCC1. The third-order valence-electron chi connectivity index (χ3n) is 4.03. The van der Waals surface area contributed by atoms with Crippen molar-refractivity contribution in [2.45, 2.75) is 6.42 Å². The molecule has 0 saturated heterocycles. The Kier molecular flexibility index (Phi) is 3.05. The molecule has 0 aliphatic carbocycles. The van der Waals surface area contributed by atoms with Crippen molar-refractivity contribution in [1.82, 2.24) is 15.3 Å². The van der Waals surface area contributed by atoms with Crippen LogP contribution in [0, 0.1) is 0 Å². The minimum Gasteiger partial charge on any atom is -0.346 e. The highest BCUT2D eigenvalue weighted by molar-refractivity contribution is 6.01. The fourth-order valence-electron chi connectivity index (χ4n) is 3.02. The molecule has 2 aromatic heterocycles. The molecule has 4 rings (SSSR count). The Morgan fingerprint density at radius 3 is 2.71 bits per heavy atom. The summed E-state index contributed by atoms with van der Waals surface area (Å²) >= 11 is 0. The van der Waals surface area contributed by atoms with Gasteiger partial charge in [-0.1, -0.05) is 36.4 Å². The number of hydrogen-bond acceptors (Lipinski definition) is 2. The molecule has 0 fully saturated rings.